The van der Waals surface area contributed by atoms with Crippen LogP contribution in [0.3, 0.4) is 0 Å². The van der Waals surface area contributed by atoms with Crippen LogP contribution < -0.4 is 5.32 Å². The van der Waals surface area contributed by atoms with Crippen LogP contribution in [0.4, 0.5) is 6.01 Å². The van der Waals surface area contributed by atoms with E-state index in [1.807, 2.05) is 6.07 Å². The Kier molecular flexibility index (Phi) is 4.42. The average molecular weight is 337 g/mol. The topological polar surface area (TPSA) is 51.0 Å². The summed E-state index contributed by atoms with van der Waals surface area (Å²) in [7, 11) is 0. The van der Waals surface area contributed by atoms with Crippen LogP contribution in [0.5, 0.6) is 0 Å². The predicted octanol–water partition coefficient (Wildman–Crippen LogP) is 3.85. The van der Waals surface area contributed by atoms with Crippen LogP contribution in [0.15, 0.2) is 20.3 Å². The molecule has 0 radical (unpaired) electrons. The number of rotatable bonds is 5. The standard InChI is InChI=1S/C10H11BrClN3OS/c1-6(12)9-14-15-10(16-9)13-5-4-7-2-3-8(11)17-7/h2-3,6H,4-5H2,1H3,(H,13,15). The minimum absolute atomic E-state index is 0.258. The highest BCUT2D eigenvalue weighted by Gasteiger charge is 2.10. The Hall–Kier alpha value is -0.590. The first-order valence-corrected chi connectivity index (χ1v) is 7.15. The van der Waals surface area contributed by atoms with Gasteiger partial charge in [0.25, 0.3) is 0 Å². The van der Waals surface area contributed by atoms with E-state index in [0.717, 1.165) is 16.8 Å². The van der Waals surface area contributed by atoms with Crippen LogP contribution in [0.2, 0.25) is 0 Å². The number of halogens is 2. The average Bonchev–Trinajstić information content (AvgIpc) is 2.88. The molecule has 92 valence electrons. The van der Waals surface area contributed by atoms with Crippen molar-refractivity contribution in [2.24, 2.45) is 0 Å². The van der Waals surface area contributed by atoms with E-state index in [-0.39, 0.29) is 5.38 Å². The Bertz CT molecular complexity index is 485. The fourth-order valence-corrected chi connectivity index (χ4v) is 2.82. The molecule has 2 aromatic heterocycles. The molecule has 17 heavy (non-hydrogen) atoms. The number of nitrogens with one attached hydrogen (secondary N) is 1. The van der Waals surface area contributed by atoms with Gasteiger partial charge in [0.2, 0.25) is 5.89 Å². The molecule has 0 saturated heterocycles. The van der Waals surface area contributed by atoms with Gasteiger partial charge in [-0.2, -0.15) is 0 Å². The summed E-state index contributed by atoms with van der Waals surface area (Å²) in [5, 5.41) is 10.5. The molecular weight excluding hydrogens is 326 g/mol. The smallest absolute Gasteiger partial charge is 0.315 e. The van der Waals surface area contributed by atoms with Crippen LogP contribution in [-0.2, 0) is 6.42 Å². The quantitative estimate of drug-likeness (QED) is 0.843. The van der Waals surface area contributed by atoms with Crippen LogP contribution in [0.25, 0.3) is 0 Å². The zero-order valence-corrected chi connectivity index (χ0v) is 12.3. The predicted molar refractivity (Wildman–Crippen MR) is 72.8 cm³/mol. The van der Waals surface area contributed by atoms with Crippen LogP contribution >= 0.6 is 38.9 Å². The second-order valence-electron chi connectivity index (χ2n) is 3.44. The van der Waals surface area contributed by atoms with E-state index in [1.165, 1.54) is 4.88 Å². The summed E-state index contributed by atoms with van der Waals surface area (Å²) in [4.78, 5) is 1.30. The summed E-state index contributed by atoms with van der Waals surface area (Å²) >= 11 is 11.0. The number of alkyl halides is 1. The van der Waals surface area contributed by atoms with Crippen molar-refractivity contribution in [3.63, 3.8) is 0 Å². The van der Waals surface area contributed by atoms with Gasteiger partial charge in [0.05, 0.1) is 3.79 Å². The largest absolute Gasteiger partial charge is 0.407 e. The molecule has 0 aliphatic rings. The molecule has 2 heterocycles. The summed E-state index contributed by atoms with van der Waals surface area (Å²) in [6.45, 7) is 2.55. The maximum Gasteiger partial charge on any atom is 0.315 e. The molecule has 2 aromatic rings. The van der Waals surface area contributed by atoms with Gasteiger partial charge in [-0.1, -0.05) is 5.10 Å². The van der Waals surface area contributed by atoms with E-state index in [2.05, 4.69) is 37.5 Å². The normalized spacial score (nSPS) is 12.6. The number of nitrogens with zero attached hydrogens (tertiary/aromatic N) is 2. The lowest BCUT2D eigenvalue weighted by atomic mass is 10.3. The van der Waals surface area contributed by atoms with E-state index in [1.54, 1.807) is 18.3 Å². The van der Waals surface area contributed by atoms with Gasteiger partial charge in [0.15, 0.2) is 0 Å². The van der Waals surface area contributed by atoms with E-state index >= 15 is 0 Å². The summed E-state index contributed by atoms with van der Waals surface area (Å²) in [5.41, 5.74) is 0. The molecule has 1 N–H and O–H groups in total. The van der Waals surface area contributed by atoms with Gasteiger partial charge in [-0.25, -0.2) is 0 Å². The highest BCUT2D eigenvalue weighted by molar-refractivity contribution is 9.11. The minimum atomic E-state index is -0.258. The fraction of sp³-hybridized carbons (Fsp3) is 0.400. The van der Waals surface area contributed by atoms with E-state index in [4.69, 9.17) is 16.0 Å². The Balaban J connectivity index is 1.81. The lowest BCUT2D eigenvalue weighted by Gasteiger charge is -1.99. The first-order valence-electron chi connectivity index (χ1n) is 5.10. The maximum atomic E-state index is 5.82. The van der Waals surface area contributed by atoms with Gasteiger partial charge in [0, 0.05) is 11.4 Å². The molecule has 2 rings (SSSR count). The SMILES string of the molecule is CC(Cl)c1nnc(NCCc2ccc(Br)s2)o1. The zero-order chi connectivity index (χ0) is 12.3. The van der Waals surface area contributed by atoms with Crippen molar-refractivity contribution < 1.29 is 4.42 Å². The Morgan fingerprint density at radius 1 is 1.53 bits per heavy atom. The van der Waals surface area contributed by atoms with Crippen molar-refractivity contribution in [1.82, 2.24) is 10.2 Å². The van der Waals surface area contributed by atoms with Crippen molar-refractivity contribution in [1.29, 1.82) is 0 Å². The third-order valence-electron chi connectivity index (χ3n) is 2.06. The van der Waals surface area contributed by atoms with Gasteiger partial charge in [-0.3, -0.25) is 0 Å². The monoisotopic (exact) mass is 335 g/mol. The van der Waals surface area contributed by atoms with Crippen molar-refractivity contribution in [3.05, 3.63) is 26.7 Å². The van der Waals surface area contributed by atoms with E-state index < -0.39 is 0 Å². The molecule has 0 aliphatic heterocycles. The summed E-state index contributed by atoms with van der Waals surface area (Å²) in [5.74, 6) is 0.438. The molecule has 0 aromatic carbocycles. The van der Waals surface area contributed by atoms with Crippen LogP contribution in [0, 0.1) is 0 Å². The van der Waals surface area contributed by atoms with Crippen molar-refractivity contribution >= 4 is 44.9 Å². The van der Waals surface area contributed by atoms with Crippen molar-refractivity contribution in [3.8, 4) is 0 Å². The molecule has 0 fully saturated rings. The van der Waals surface area contributed by atoms with Crippen molar-refractivity contribution in [2.75, 3.05) is 11.9 Å². The molecule has 1 atom stereocenters. The van der Waals surface area contributed by atoms with Crippen molar-refractivity contribution in [2.45, 2.75) is 18.7 Å². The van der Waals surface area contributed by atoms with Gasteiger partial charge in [0.1, 0.15) is 5.38 Å². The van der Waals surface area contributed by atoms with Crippen LogP contribution in [-0.4, -0.2) is 16.7 Å². The number of hydrogen-bond donors (Lipinski definition) is 1. The number of anilines is 1. The third kappa shape index (κ3) is 3.69. The second-order valence-corrected chi connectivity index (χ2v) is 6.65. The number of aromatic nitrogens is 2. The molecule has 1 unspecified atom stereocenters. The lowest BCUT2D eigenvalue weighted by Crippen LogP contribution is -2.03. The third-order valence-corrected chi connectivity index (χ3v) is 3.93. The maximum absolute atomic E-state index is 5.82. The zero-order valence-electron chi connectivity index (χ0n) is 9.11. The Morgan fingerprint density at radius 2 is 2.35 bits per heavy atom. The first kappa shape index (κ1) is 12.9. The molecule has 4 nitrogen and oxygen atoms in total. The fourth-order valence-electron chi connectivity index (χ4n) is 1.25. The summed E-state index contributed by atoms with van der Waals surface area (Å²) in [6.07, 6.45) is 0.921. The van der Waals surface area contributed by atoms with Gasteiger partial charge < -0.3 is 9.73 Å². The highest BCUT2D eigenvalue weighted by atomic mass is 79.9. The highest BCUT2D eigenvalue weighted by Crippen LogP contribution is 2.22. The molecule has 0 saturated carbocycles. The molecule has 0 amide bonds. The number of hydrogen-bond acceptors (Lipinski definition) is 5. The molecule has 0 aliphatic carbocycles. The molecule has 0 bridgehead atoms. The Labute approximate surface area is 117 Å². The second kappa shape index (κ2) is 5.84. The van der Waals surface area contributed by atoms with E-state index in [0.29, 0.717) is 11.9 Å². The van der Waals surface area contributed by atoms with Gasteiger partial charge >= 0.3 is 6.01 Å². The minimum Gasteiger partial charge on any atom is -0.407 e. The summed E-state index contributed by atoms with van der Waals surface area (Å²) < 4.78 is 6.46. The number of thiophene rings is 1. The van der Waals surface area contributed by atoms with Crippen LogP contribution in [0.1, 0.15) is 23.1 Å². The lowest BCUT2D eigenvalue weighted by molar-refractivity contribution is 0.506. The first-order chi connectivity index (χ1) is 8.15. The summed E-state index contributed by atoms with van der Waals surface area (Å²) in [6, 6.07) is 4.55. The Morgan fingerprint density at radius 3 is 2.94 bits per heavy atom. The molecular formula is C10H11BrClN3OS. The molecule has 0 spiro atoms. The van der Waals surface area contributed by atoms with Gasteiger partial charge in [-0.15, -0.1) is 28.0 Å². The van der Waals surface area contributed by atoms with Gasteiger partial charge in [-0.05, 0) is 41.4 Å². The van der Waals surface area contributed by atoms with E-state index in [9.17, 15) is 0 Å². The molecule has 7 heteroatoms.